The summed E-state index contributed by atoms with van der Waals surface area (Å²) in [5, 5.41) is 10.00. The van der Waals surface area contributed by atoms with E-state index in [9.17, 15) is 5.11 Å². The quantitative estimate of drug-likeness (QED) is 0.534. The van der Waals surface area contributed by atoms with Gasteiger partial charge in [-0.15, -0.1) is 0 Å². The minimum Gasteiger partial charge on any atom is -0.388 e. The molecule has 1 nitrogen and oxygen atoms in total. The fraction of sp³-hybridized carbons (Fsp3) is 0.538. The number of halogens is 7. The Morgan fingerprint density at radius 3 is 1.62 bits per heavy atom. The number of aliphatic hydroxyl groups is 1. The number of hydrogen-bond acceptors (Lipinski definition) is 1. The molecule has 0 aliphatic heterocycles. The Labute approximate surface area is 159 Å². The van der Waals surface area contributed by atoms with E-state index < -0.39 is 18.6 Å². The lowest BCUT2D eigenvalue weighted by atomic mass is 9.97. The fourth-order valence-electron chi connectivity index (χ4n) is 1.63. The van der Waals surface area contributed by atoms with Gasteiger partial charge in [0.2, 0.25) is 8.13 Å². The molecule has 1 rings (SSSR count). The number of hydrogen-bond donors (Lipinski definition) is 1. The van der Waals surface area contributed by atoms with Crippen molar-refractivity contribution >= 4 is 81.2 Å². The molecule has 1 unspecified atom stereocenters. The van der Waals surface area contributed by atoms with E-state index >= 15 is 0 Å². The van der Waals surface area contributed by atoms with Crippen molar-refractivity contribution in [1.29, 1.82) is 0 Å². The first-order valence-electron chi connectivity index (χ1n) is 5.93. The van der Waals surface area contributed by atoms with E-state index in [1.54, 1.807) is 24.3 Å². The van der Waals surface area contributed by atoms with Gasteiger partial charge in [-0.25, -0.2) is 0 Å². The summed E-state index contributed by atoms with van der Waals surface area (Å²) in [5.41, 5.74) is 1.06. The Morgan fingerprint density at radius 2 is 1.29 bits per heavy atom. The summed E-state index contributed by atoms with van der Waals surface area (Å²) in [6.45, 7) is 3.80. The SMILES string of the molecule is CC(C)C(O)c1ccc(C(Cl)(Cl)C(Cl)(Cl)C(Cl)(Cl)Cl)cc1. The maximum atomic E-state index is 10.00. The molecule has 1 aromatic carbocycles. The van der Waals surface area contributed by atoms with Crippen LogP contribution in [0.3, 0.4) is 0 Å². The molecule has 120 valence electrons. The summed E-state index contributed by atoms with van der Waals surface area (Å²) in [5.74, 6) is 0.0638. The molecule has 0 amide bonds. The molecule has 0 heterocycles. The Balaban J connectivity index is 3.17. The summed E-state index contributed by atoms with van der Waals surface area (Å²) < 4.78 is -6.04. The predicted octanol–water partition coefficient (Wildman–Crippen LogP) is 6.55. The minimum absolute atomic E-state index is 0.0638. The van der Waals surface area contributed by atoms with Gasteiger partial charge in [0.05, 0.1) is 6.10 Å². The van der Waals surface area contributed by atoms with Crippen LogP contribution in [0.2, 0.25) is 0 Å². The minimum atomic E-state index is -2.10. The third-order valence-electron chi connectivity index (χ3n) is 3.00. The molecule has 0 saturated heterocycles. The molecule has 0 saturated carbocycles. The summed E-state index contributed by atoms with van der Waals surface area (Å²) >= 11 is 41.8. The van der Waals surface area contributed by atoms with E-state index in [1.165, 1.54) is 0 Å². The van der Waals surface area contributed by atoms with Crippen molar-refractivity contribution in [2.24, 2.45) is 5.92 Å². The molecule has 0 fully saturated rings. The normalized spacial score (nSPS) is 15.4. The largest absolute Gasteiger partial charge is 0.388 e. The van der Waals surface area contributed by atoms with Gasteiger partial charge in [0.1, 0.15) is 0 Å². The van der Waals surface area contributed by atoms with E-state index in [0.29, 0.717) is 11.1 Å². The van der Waals surface area contributed by atoms with Crippen LogP contribution in [0.1, 0.15) is 31.1 Å². The molecule has 0 bridgehead atoms. The second-order valence-corrected chi connectivity index (χ2v) is 9.89. The summed E-state index contributed by atoms with van der Waals surface area (Å²) in [7, 11) is 0. The Bertz CT molecular complexity index is 476. The van der Waals surface area contributed by atoms with Gasteiger partial charge in [-0.2, -0.15) is 0 Å². The van der Waals surface area contributed by atoms with Crippen LogP contribution >= 0.6 is 81.2 Å². The van der Waals surface area contributed by atoms with E-state index in [0.717, 1.165) is 0 Å². The van der Waals surface area contributed by atoms with Crippen molar-refractivity contribution in [2.75, 3.05) is 0 Å². The molecule has 0 aliphatic carbocycles. The fourth-order valence-corrected chi connectivity index (χ4v) is 3.10. The first-order chi connectivity index (χ1) is 9.32. The highest BCUT2D eigenvalue weighted by atomic mass is 35.6. The van der Waals surface area contributed by atoms with Gasteiger partial charge >= 0.3 is 0 Å². The zero-order valence-corrected chi connectivity index (χ0v) is 16.3. The number of rotatable bonds is 4. The van der Waals surface area contributed by atoms with Gasteiger partial charge in [-0.3, -0.25) is 0 Å². The van der Waals surface area contributed by atoms with Crippen molar-refractivity contribution in [3.63, 3.8) is 0 Å². The number of benzene rings is 1. The average molecular weight is 433 g/mol. The number of alkyl halides is 7. The van der Waals surface area contributed by atoms with Crippen LogP contribution in [0.15, 0.2) is 24.3 Å². The van der Waals surface area contributed by atoms with Gasteiger partial charge in [-0.1, -0.05) is 119 Å². The lowest BCUT2D eigenvalue weighted by molar-refractivity contribution is 0.127. The molecule has 8 heteroatoms. The van der Waals surface area contributed by atoms with Crippen LogP contribution in [0.25, 0.3) is 0 Å². The lowest BCUT2D eigenvalue weighted by Gasteiger charge is -2.37. The average Bonchev–Trinajstić information content (AvgIpc) is 2.36. The summed E-state index contributed by atoms with van der Waals surface area (Å²) in [4.78, 5) is 0. The van der Waals surface area contributed by atoms with Gasteiger partial charge in [0.25, 0.3) is 0 Å². The molecule has 1 N–H and O–H groups in total. The van der Waals surface area contributed by atoms with E-state index in [-0.39, 0.29) is 5.92 Å². The monoisotopic (exact) mass is 430 g/mol. The van der Waals surface area contributed by atoms with Gasteiger partial charge in [0.15, 0.2) is 4.33 Å². The van der Waals surface area contributed by atoms with Gasteiger partial charge in [-0.05, 0) is 17.0 Å². The van der Waals surface area contributed by atoms with Crippen LogP contribution in [-0.4, -0.2) is 13.2 Å². The van der Waals surface area contributed by atoms with Crippen LogP contribution < -0.4 is 0 Å². The first kappa shape index (κ1) is 20.3. The van der Waals surface area contributed by atoms with E-state index in [1.807, 2.05) is 13.8 Å². The summed E-state index contributed by atoms with van der Waals surface area (Å²) in [6, 6.07) is 6.50. The molecular weight excluding hydrogens is 420 g/mol. The lowest BCUT2D eigenvalue weighted by Crippen LogP contribution is -2.45. The molecule has 1 aromatic rings. The van der Waals surface area contributed by atoms with Gasteiger partial charge in [0, 0.05) is 0 Å². The smallest absolute Gasteiger partial charge is 0.226 e. The summed E-state index contributed by atoms with van der Waals surface area (Å²) in [6.07, 6.45) is -0.607. The molecule has 0 aromatic heterocycles. The third kappa shape index (κ3) is 4.19. The predicted molar refractivity (Wildman–Crippen MR) is 94.4 cm³/mol. The highest BCUT2D eigenvalue weighted by molar-refractivity contribution is 6.78. The molecular formula is C13H13Cl7O. The molecule has 1 atom stereocenters. The maximum Gasteiger partial charge on any atom is 0.226 e. The van der Waals surface area contributed by atoms with Crippen molar-refractivity contribution in [3.05, 3.63) is 35.4 Å². The topological polar surface area (TPSA) is 20.2 Å². The zero-order valence-electron chi connectivity index (χ0n) is 11.1. The molecule has 0 radical (unpaired) electrons. The Hall–Kier alpha value is 1.21. The second kappa shape index (κ2) is 6.99. The van der Waals surface area contributed by atoms with Crippen LogP contribution in [0, 0.1) is 5.92 Å². The standard InChI is InChI=1S/C13H13Cl7O/c1-7(2)10(21)8-3-5-9(6-4-8)11(14,15)12(16,17)13(18,19)20/h3-7,10,21H,1-2H3. The second-order valence-electron chi connectivity index (χ2n) is 4.96. The third-order valence-corrected chi connectivity index (χ3v) is 6.95. The zero-order chi connectivity index (χ0) is 16.6. The first-order valence-corrected chi connectivity index (χ1v) is 8.57. The molecule has 0 aliphatic rings. The van der Waals surface area contributed by atoms with Crippen molar-refractivity contribution in [3.8, 4) is 0 Å². The van der Waals surface area contributed by atoms with Crippen LogP contribution in [-0.2, 0) is 4.33 Å². The van der Waals surface area contributed by atoms with E-state index in [4.69, 9.17) is 81.2 Å². The van der Waals surface area contributed by atoms with Crippen molar-refractivity contribution < 1.29 is 5.11 Å². The molecule has 0 spiro atoms. The molecule has 21 heavy (non-hydrogen) atoms. The Kier molecular flexibility index (Phi) is 6.74. The van der Waals surface area contributed by atoms with Gasteiger partial charge < -0.3 is 5.11 Å². The highest BCUT2D eigenvalue weighted by Gasteiger charge is 2.60. The maximum absolute atomic E-state index is 10.00. The van der Waals surface area contributed by atoms with Crippen molar-refractivity contribution in [1.82, 2.24) is 0 Å². The van der Waals surface area contributed by atoms with Crippen LogP contribution in [0.5, 0.6) is 0 Å². The highest BCUT2D eigenvalue weighted by Crippen LogP contribution is 2.60. The number of aliphatic hydroxyl groups excluding tert-OH is 1. The van der Waals surface area contributed by atoms with Crippen LogP contribution in [0.4, 0.5) is 0 Å². The Morgan fingerprint density at radius 1 is 0.857 bits per heavy atom. The van der Waals surface area contributed by atoms with E-state index in [2.05, 4.69) is 0 Å². The van der Waals surface area contributed by atoms with Crippen molar-refractivity contribution in [2.45, 2.75) is 32.4 Å².